The van der Waals surface area contributed by atoms with E-state index in [1.807, 2.05) is 6.07 Å². The Bertz CT molecular complexity index is 751. The van der Waals surface area contributed by atoms with Crippen molar-refractivity contribution < 1.29 is 18.3 Å². The van der Waals surface area contributed by atoms with Crippen LogP contribution in [0, 0.1) is 22.7 Å². The fourth-order valence-corrected chi connectivity index (χ4v) is 5.18. The predicted molar refractivity (Wildman–Crippen MR) is 77.3 cm³/mol. The van der Waals surface area contributed by atoms with Crippen molar-refractivity contribution >= 4 is 16.0 Å². The molecule has 1 saturated carbocycles. The van der Waals surface area contributed by atoms with Crippen molar-refractivity contribution in [2.45, 2.75) is 24.2 Å². The minimum absolute atomic E-state index is 0.0370. The Hall–Kier alpha value is -1.91. The molecular weight excluding hydrogens is 304 g/mol. The largest absolute Gasteiger partial charge is 0.481 e. The number of nitriles is 1. The average Bonchev–Trinajstić information content (AvgIpc) is 3.05. The van der Waals surface area contributed by atoms with Crippen molar-refractivity contribution in [1.82, 2.24) is 4.31 Å². The summed E-state index contributed by atoms with van der Waals surface area (Å²) in [5, 5.41) is 18.3. The van der Waals surface area contributed by atoms with Crippen LogP contribution in [0.5, 0.6) is 0 Å². The summed E-state index contributed by atoms with van der Waals surface area (Å²) in [5.74, 6) is -1.01. The summed E-state index contributed by atoms with van der Waals surface area (Å²) in [6.07, 6.45) is 2.12. The summed E-state index contributed by atoms with van der Waals surface area (Å²) in [4.78, 5) is 11.7. The highest BCUT2D eigenvalue weighted by molar-refractivity contribution is 7.89. The molecule has 116 valence electrons. The number of carboxylic acids is 1. The summed E-state index contributed by atoms with van der Waals surface area (Å²) in [7, 11) is -3.72. The number of carbonyl (C=O) groups is 1. The van der Waals surface area contributed by atoms with Gasteiger partial charge < -0.3 is 5.11 Å². The minimum Gasteiger partial charge on any atom is -0.481 e. The topological polar surface area (TPSA) is 98.5 Å². The molecule has 2 atom stereocenters. The number of fused-ring (bicyclic) bond motifs is 1. The van der Waals surface area contributed by atoms with E-state index in [0.717, 1.165) is 12.8 Å². The molecule has 1 heterocycles. The molecule has 1 aliphatic heterocycles. The van der Waals surface area contributed by atoms with Crippen molar-refractivity contribution in [3.63, 3.8) is 0 Å². The van der Waals surface area contributed by atoms with E-state index in [0.29, 0.717) is 12.0 Å². The van der Waals surface area contributed by atoms with Crippen molar-refractivity contribution in [3.8, 4) is 6.07 Å². The van der Waals surface area contributed by atoms with Gasteiger partial charge in [-0.05, 0) is 43.0 Å². The van der Waals surface area contributed by atoms with E-state index in [-0.39, 0.29) is 23.9 Å². The van der Waals surface area contributed by atoms with E-state index in [2.05, 4.69) is 0 Å². The standard InChI is InChI=1S/C15H16N2O4S/c16-8-11-3-5-13(6-4-11)22(20,21)17-9-12-2-1-7-15(12,10-17)14(18)19/h3-6,12H,1-2,7,9-10H2,(H,18,19)/t12-,15+/m0/s1. The van der Waals surface area contributed by atoms with Gasteiger partial charge in [-0.25, -0.2) is 8.42 Å². The number of hydrogen-bond donors (Lipinski definition) is 1. The number of nitrogens with zero attached hydrogens (tertiary/aromatic N) is 2. The maximum absolute atomic E-state index is 12.7. The minimum atomic E-state index is -3.72. The van der Waals surface area contributed by atoms with Gasteiger partial charge in [0.1, 0.15) is 0 Å². The summed E-state index contributed by atoms with van der Waals surface area (Å²) in [6.45, 7) is 0.296. The molecule has 6 nitrogen and oxygen atoms in total. The molecular formula is C15H16N2O4S. The lowest BCUT2D eigenvalue weighted by molar-refractivity contribution is -0.149. The normalized spacial score (nSPS) is 28.2. The summed E-state index contributed by atoms with van der Waals surface area (Å²) >= 11 is 0. The second-order valence-electron chi connectivity index (χ2n) is 5.98. The lowest BCUT2D eigenvalue weighted by Crippen LogP contribution is -2.37. The van der Waals surface area contributed by atoms with E-state index < -0.39 is 21.4 Å². The fourth-order valence-electron chi connectivity index (χ4n) is 3.63. The van der Waals surface area contributed by atoms with Crippen molar-refractivity contribution in [3.05, 3.63) is 29.8 Å². The SMILES string of the molecule is N#Cc1ccc(S(=O)(=O)N2C[C@@H]3CCC[C@@]3(C(=O)O)C2)cc1. The zero-order valence-corrected chi connectivity index (χ0v) is 12.7. The Morgan fingerprint density at radius 1 is 1.36 bits per heavy atom. The van der Waals surface area contributed by atoms with Crippen LogP contribution in [0.15, 0.2) is 29.2 Å². The lowest BCUT2D eigenvalue weighted by atomic mass is 9.81. The molecule has 0 amide bonds. The molecule has 1 aliphatic carbocycles. The van der Waals surface area contributed by atoms with Gasteiger partial charge in [0.05, 0.1) is 21.9 Å². The number of sulfonamides is 1. The summed E-state index contributed by atoms with van der Waals surface area (Å²) in [6, 6.07) is 7.65. The Morgan fingerprint density at radius 3 is 2.59 bits per heavy atom. The highest BCUT2D eigenvalue weighted by Crippen LogP contribution is 2.50. The molecule has 2 fully saturated rings. The molecule has 7 heteroatoms. The summed E-state index contributed by atoms with van der Waals surface area (Å²) < 4.78 is 26.6. The molecule has 0 bridgehead atoms. The van der Waals surface area contributed by atoms with E-state index >= 15 is 0 Å². The molecule has 1 aromatic carbocycles. The molecule has 0 spiro atoms. The molecule has 0 unspecified atom stereocenters. The van der Waals surface area contributed by atoms with Gasteiger partial charge in [0.2, 0.25) is 10.0 Å². The molecule has 2 aliphatic rings. The van der Waals surface area contributed by atoms with Crippen LogP contribution in [0.1, 0.15) is 24.8 Å². The van der Waals surface area contributed by atoms with E-state index in [1.165, 1.54) is 28.6 Å². The van der Waals surface area contributed by atoms with Crippen LogP contribution < -0.4 is 0 Å². The van der Waals surface area contributed by atoms with Crippen LogP contribution in [0.2, 0.25) is 0 Å². The number of aliphatic carboxylic acids is 1. The zero-order chi connectivity index (χ0) is 16.0. The van der Waals surface area contributed by atoms with Crippen molar-refractivity contribution in [2.24, 2.45) is 11.3 Å². The van der Waals surface area contributed by atoms with Gasteiger partial charge in [0.25, 0.3) is 0 Å². The predicted octanol–water partition coefficient (Wildman–Crippen LogP) is 1.43. The lowest BCUT2D eigenvalue weighted by Gasteiger charge is -2.23. The highest BCUT2D eigenvalue weighted by atomic mass is 32.2. The number of rotatable bonds is 3. The molecule has 0 aromatic heterocycles. The average molecular weight is 320 g/mol. The Balaban J connectivity index is 1.91. The third kappa shape index (κ3) is 2.11. The Kier molecular flexibility index (Phi) is 3.46. The van der Waals surface area contributed by atoms with Gasteiger partial charge in [-0.1, -0.05) is 6.42 Å². The maximum atomic E-state index is 12.7. The number of benzene rings is 1. The smallest absolute Gasteiger partial charge is 0.311 e. The quantitative estimate of drug-likeness (QED) is 0.908. The van der Waals surface area contributed by atoms with Crippen LogP contribution in [0.4, 0.5) is 0 Å². The molecule has 22 heavy (non-hydrogen) atoms. The summed E-state index contributed by atoms with van der Waals surface area (Å²) in [5.41, 5.74) is -0.543. The first-order valence-electron chi connectivity index (χ1n) is 7.14. The Labute approximate surface area is 129 Å². The second kappa shape index (κ2) is 5.07. The molecule has 1 saturated heterocycles. The maximum Gasteiger partial charge on any atom is 0.311 e. The van der Waals surface area contributed by atoms with E-state index in [9.17, 15) is 18.3 Å². The van der Waals surface area contributed by atoms with E-state index in [1.54, 1.807) is 0 Å². The second-order valence-corrected chi connectivity index (χ2v) is 7.92. The molecule has 1 aromatic rings. The van der Waals surface area contributed by atoms with Crippen LogP contribution in [0.25, 0.3) is 0 Å². The van der Waals surface area contributed by atoms with E-state index in [4.69, 9.17) is 5.26 Å². The number of carboxylic acid groups (broad SMARTS) is 1. The van der Waals surface area contributed by atoms with Crippen LogP contribution in [0.3, 0.4) is 0 Å². The molecule has 0 radical (unpaired) electrons. The molecule has 1 N–H and O–H groups in total. The van der Waals surface area contributed by atoms with Crippen molar-refractivity contribution in [2.75, 3.05) is 13.1 Å². The van der Waals surface area contributed by atoms with Crippen LogP contribution >= 0.6 is 0 Å². The Morgan fingerprint density at radius 2 is 2.05 bits per heavy atom. The van der Waals surface area contributed by atoms with Crippen molar-refractivity contribution in [1.29, 1.82) is 5.26 Å². The first-order valence-corrected chi connectivity index (χ1v) is 8.58. The third-order valence-electron chi connectivity index (χ3n) is 4.89. The fraction of sp³-hybridized carbons (Fsp3) is 0.467. The van der Waals surface area contributed by atoms with Gasteiger partial charge in [-0.2, -0.15) is 9.57 Å². The van der Waals surface area contributed by atoms with Crippen LogP contribution in [-0.4, -0.2) is 36.9 Å². The highest BCUT2D eigenvalue weighted by Gasteiger charge is 2.57. The van der Waals surface area contributed by atoms with Gasteiger partial charge in [0.15, 0.2) is 0 Å². The third-order valence-corrected chi connectivity index (χ3v) is 6.71. The first-order chi connectivity index (χ1) is 10.4. The zero-order valence-electron chi connectivity index (χ0n) is 11.9. The van der Waals surface area contributed by atoms with Gasteiger partial charge in [-0.3, -0.25) is 4.79 Å². The van der Waals surface area contributed by atoms with Gasteiger partial charge in [0, 0.05) is 13.1 Å². The van der Waals surface area contributed by atoms with Gasteiger partial charge in [-0.15, -0.1) is 0 Å². The van der Waals surface area contributed by atoms with Gasteiger partial charge >= 0.3 is 5.97 Å². The van der Waals surface area contributed by atoms with Crippen LogP contribution in [-0.2, 0) is 14.8 Å². The monoisotopic (exact) mass is 320 g/mol. The first kappa shape index (κ1) is 15.0. The number of hydrogen-bond acceptors (Lipinski definition) is 4. The molecule has 3 rings (SSSR count).